The number of hydrogen-bond donors (Lipinski definition) is 3. The predicted molar refractivity (Wildman–Crippen MR) is 74.2 cm³/mol. The van der Waals surface area contributed by atoms with Gasteiger partial charge in [0, 0.05) is 12.6 Å². The number of anilines is 1. The normalized spacial score (nSPS) is 20.1. The van der Waals surface area contributed by atoms with Gasteiger partial charge in [-0.3, -0.25) is 0 Å². The minimum Gasteiger partial charge on any atom is -0.497 e. The van der Waals surface area contributed by atoms with Crippen LogP contribution in [-0.4, -0.2) is 30.8 Å². The van der Waals surface area contributed by atoms with Gasteiger partial charge >= 0.3 is 12.0 Å². The van der Waals surface area contributed by atoms with E-state index in [1.54, 1.807) is 6.07 Å². The number of aromatic carboxylic acids is 1. The highest BCUT2D eigenvalue weighted by Crippen LogP contribution is 2.36. The summed E-state index contributed by atoms with van der Waals surface area (Å²) in [6, 6.07) is 4.03. The van der Waals surface area contributed by atoms with Crippen molar-refractivity contribution in [3.05, 3.63) is 23.8 Å². The van der Waals surface area contributed by atoms with Gasteiger partial charge in [-0.2, -0.15) is 0 Å². The smallest absolute Gasteiger partial charge is 0.337 e. The quantitative estimate of drug-likeness (QED) is 0.770. The number of nitrogens with one attached hydrogen (secondary N) is 2. The summed E-state index contributed by atoms with van der Waals surface area (Å²) < 4.78 is 5.03. The molecule has 1 aliphatic rings. The van der Waals surface area contributed by atoms with E-state index in [4.69, 9.17) is 9.84 Å². The van der Waals surface area contributed by atoms with Crippen molar-refractivity contribution >= 4 is 17.7 Å². The molecular formula is C14H18N2O4. The van der Waals surface area contributed by atoms with Gasteiger partial charge in [0.05, 0.1) is 18.4 Å². The van der Waals surface area contributed by atoms with Crippen LogP contribution >= 0.6 is 0 Å². The minimum atomic E-state index is -1.10. The van der Waals surface area contributed by atoms with Crippen molar-refractivity contribution in [2.45, 2.75) is 13.3 Å². The third kappa shape index (κ3) is 3.40. The van der Waals surface area contributed by atoms with Crippen molar-refractivity contribution in [3.63, 3.8) is 0 Å². The van der Waals surface area contributed by atoms with Crippen LogP contribution < -0.4 is 15.4 Å². The van der Waals surface area contributed by atoms with E-state index in [2.05, 4.69) is 17.6 Å². The molecule has 0 heterocycles. The van der Waals surface area contributed by atoms with Gasteiger partial charge < -0.3 is 20.5 Å². The Morgan fingerprint density at radius 2 is 2.15 bits per heavy atom. The number of benzene rings is 1. The van der Waals surface area contributed by atoms with E-state index in [1.807, 2.05) is 0 Å². The van der Waals surface area contributed by atoms with E-state index in [9.17, 15) is 9.59 Å². The van der Waals surface area contributed by atoms with Crippen LogP contribution in [0.25, 0.3) is 0 Å². The minimum absolute atomic E-state index is 0.0285. The Hall–Kier alpha value is -2.24. The maximum absolute atomic E-state index is 11.8. The molecule has 3 N–H and O–H groups in total. The Kier molecular flexibility index (Phi) is 4.12. The van der Waals surface area contributed by atoms with Gasteiger partial charge in [0.2, 0.25) is 0 Å². The first-order valence-electron chi connectivity index (χ1n) is 6.47. The van der Waals surface area contributed by atoms with E-state index >= 15 is 0 Å². The summed E-state index contributed by atoms with van der Waals surface area (Å²) in [5.41, 5.74) is 0.249. The van der Waals surface area contributed by atoms with Gasteiger partial charge in [-0.25, -0.2) is 9.59 Å². The first-order valence-corrected chi connectivity index (χ1v) is 6.47. The monoisotopic (exact) mass is 278 g/mol. The van der Waals surface area contributed by atoms with Gasteiger partial charge in [0.15, 0.2) is 0 Å². The molecule has 6 nitrogen and oxygen atoms in total. The zero-order valence-electron chi connectivity index (χ0n) is 11.5. The van der Waals surface area contributed by atoms with Crippen molar-refractivity contribution in [1.82, 2.24) is 5.32 Å². The second kappa shape index (κ2) is 5.81. The molecule has 2 unspecified atom stereocenters. The zero-order chi connectivity index (χ0) is 14.7. The molecule has 0 aromatic heterocycles. The van der Waals surface area contributed by atoms with Crippen LogP contribution in [0.4, 0.5) is 10.5 Å². The number of methoxy groups -OCH3 is 1. The molecule has 2 rings (SSSR count). The molecular weight excluding hydrogens is 260 g/mol. The summed E-state index contributed by atoms with van der Waals surface area (Å²) >= 11 is 0. The van der Waals surface area contributed by atoms with Gasteiger partial charge in [-0.15, -0.1) is 0 Å². The number of ether oxygens (including phenoxy) is 1. The number of amides is 2. The third-order valence-electron chi connectivity index (χ3n) is 3.51. The Bertz CT molecular complexity index is 530. The van der Waals surface area contributed by atoms with Gasteiger partial charge in [-0.05, 0) is 30.4 Å². The number of carboxylic acids is 1. The van der Waals surface area contributed by atoms with E-state index in [-0.39, 0.29) is 11.3 Å². The zero-order valence-corrected chi connectivity index (χ0v) is 11.5. The summed E-state index contributed by atoms with van der Waals surface area (Å²) in [6.07, 6.45) is 1.12. The highest BCUT2D eigenvalue weighted by Gasteiger charge is 2.32. The predicted octanol–water partition coefficient (Wildman–Crippen LogP) is 2.17. The van der Waals surface area contributed by atoms with Crippen molar-refractivity contribution in [2.75, 3.05) is 19.0 Å². The lowest BCUT2D eigenvalue weighted by Gasteiger charge is -2.11. The molecule has 6 heteroatoms. The van der Waals surface area contributed by atoms with E-state index in [0.717, 1.165) is 6.42 Å². The van der Waals surface area contributed by atoms with Gasteiger partial charge in [-0.1, -0.05) is 6.92 Å². The Balaban J connectivity index is 2.02. The second-order valence-corrected chi connectivity index (χ2v) is 5.02. The maximum Gasteiger partial charge on any atom is 0.337 e. The first kappa shape index (κ1) is 14.2. The average Bonchev–Trinajstić information content (AvgIpc) is 3.12. The first-order chi connectivity index (χ1) is 9.51. The number of urea groups is 1. The standard InChI is InChI=1S/C14H18N2O4/c1-8-5-9(8)7-15-14(19)16-12-6-10(20-2)3-4-11(12)13(17)18/h3-4,6,8-9H,5,7H2,1-2H3,(H,17,18)(H2,15,16,19). The lowest BCUT2D eigenvalue weighted by atomic mass is 10.1. The van der Waals surface area contributed by atoms with Crippen LogP contribution in [0.3, 0.4) is 0 Å². The second-order valence-electron chi connectivity index (χ2n) is 5.02. The molecule has 1 fully saturated rings. The molecule has 2 atom stereocenters. The molecule has 1 saturated carbocycles. The van der Waals surface area contributed by atoms with Crippen LogP contribution in [0.1, 0.15) is 23.7 Å². The fraction of sp³-hybridized carbons (Fsp3) is 0.429. The summed E-state index contributed by atoms with van der Waals surface area (Å²) in [5.74, 6) is 0.576. The molecule has 0 saturated heterocycles. The number of carbonyl (C=O) groups excluding carboxylic acids is 1. The van der Waals surface area contributed by atoms with Crippen molar-refractivity contribution in [3.8, 4) is 5.75 Å². The van der Waals surface area contributed by atoms with Crippen molar-refractivity contribution in [1.29, 1.82) is 0 Å². The molecule has 0 radical (unpaired) electrons. The molecule has 0 bridgehead atoms. The van der Waals surface area contributed by atoms with Crippen molar-refractivity contribution in [2.24, 2.45) is 11.8 Å². The molecule has 1 aromatic carbocycles. The van der Waals surface area contributed by atoms with Crippen LogP contribution in [0.5, 0.6) is 5.75 Å². The van der Waals surface area contributed by atoms with E-state index in [0.29, 0.717) is 24.1 Å². The summed E-state index contributed by atoms with van der Waals surface area (Å²) in [7, 11) is 1.48. The lowest BCUT2D eigenvalue weighted by Crippen LogP contribution is -2.31. The van der Waals surface area contributed by atoms with Gasteiger partial charge in [0.25, 0.3) is 0 Å². The van der Waals surface area contributed by atoms with Gasteiger partial charge in [0.1, 0.15) is 5.75 Å². The number of carbonyl (C=O) groups is 2. The topological polar surface area (TPSA) is 87.7 Å². The van der Waals surface area contributed by atoms with Crippen LogP contribution in [0, 0.1) is 11.8 Å². The van der Waals surface area contributed by atoms with Crippen LogP contribution in [0.15, 0.2) is 18.2 Å². The van der Waals surface area contributed by atoms with Crippen molar-refractivity contribution < 1.29 is 19.4 Å². The number of carboxylic acid groups (broad SMARTS) is 1. The highest BCUT2D eigenvalue weighted by molar-refractivity contribution is 6.00. The molecule has 108 valence electrons. The SMILES string of the molecule is COc1ccc(C(=O)O)c(NC(=O)NCC2CC2C)c1. The largest absolute Gasteiger partial charge is 0.497 e. The average molecular weight is 278 g/mol. The summed E-state index contributed by atoms with van der Waals surface area (Å²) in [6.45, 7) is 2.74. The Labute approximate surface area is 117 Å². The van der Waals surface area contributed by atoms with Crippen LogP contribution in [-0.2, 0) is 0 Å². The molecule has 1 aliphatic carbocycles. The molecule has 0 aliphatic heterocycles. The molecule has 20 heavy (non-hydrogen) atoms. The summed E-state index contributed by atoms with van der Waals surface area (Å²) in [5, 5.41) is 14.4. The molecule has 0 spiro atoms. The van der Waals surface area contributed by atoms with E-state index in [1.165, 1.54) is 19.2 Å². The third-order valence-corrected chi connectivity index (χ3v) is 3.51. The Morgan fingerprint density at radius 1 is 1.45 bits per heavy atom. The maximum atomic E-state index is 11.8. The fourth-order valence-corrected chi connectivity index (χ4v) is 2.01. The molecule has 1 aromatic rings. The highest BCUT2D eigenvalue weighted by atomic mass is 16.5. The number of hydrogen-bond acceptors (Lipinski definition) is 3. The van der Waals surface area contributed by atoms with Crippen LogP contribution in [0.2, 0.25) is 0 Å². The number of rotatable bonds is 5. The fourth-order valence-electron chi connectivity index (χ4n) is 2.01. The lowest BCUT2D eigenvalue weighted by molar-refractivity contribution is 0.0698. The molecule has 2 amide bonds. The summed E-state index contributed by atoms with van der Waals surface area (Å²) in [4.78, 5) is 22.9. The Morgan fingerprint density at radius 3 is 2.70 bits per heavy atom. The van der Waals surface area contributed by atoms with E-state index < -0.39 is 12.0 Å².